The number of alkyl halides is 3. The zero-order valence-electron chi connectivity index (χ0n) is 18.7. The van der Waals surface area contributed by atoms with Crippen molar-refractivity contribution >= 4 is 11.6 Å². The number of ether oxygens (including phenoxy) is 1. The number of nitrogens with one attached hydrogen (secondary N) is 1. The first-order valence-corrected chi connectivity index (χ1v) is 10.1. The minimum Gasteiger partial charge on any atom is -0.467 e. The summed E-state index contributed by atoms with van der Waals surface area (Å²) < 4.78 is 60.7. The van der Waals surface area contributed by atoms with E-state index in [1.807, 2.05) is 0 Å². The number of aromatic nitrogens is 5. The lowest BCUT2D eigenvalue weighted by atomic mass is 10.2. The van der Waals surface area contributed by atoms with Crippen molar-refractivity contribution in [2.45, 2.75) is 33.2 Å². The number of amides is 1. The molecule has 0 aliphatic heterocycles. The average Bonchev–Trinajstić information content (AvgIpc) is 3.12. The maximum atomic E-state index is 15.0. The molecule has 3 heterocycles. The monoisotopic (exact) mass is 500 g/mol. The van der Waals surface area contributed by atoms with Crippen LogP contribution in [0.1, 0.15) is 28.7 Å². The van der Waals surface area contributed by atoms with E-state index in [4.69, 9.17) is 0 Å². The lowest BCUT2D eigenvalue weighted by molar-refractivity contribution is -0.154. The van der Waals surface area contributed by atoms with Crippen molar-refractivity contribution in [3.63, 3.8) is 0 Å². The second-order valence-corrected chi connectivity index (χ2v) is 7.31. The minimum atomic E-state index is -4.83. The van der Waals surface area contributed by atoms with E-state index in [9.17, 15) is 37.1 Å². The summed E-state index contributed by atoms with van der Waals surface area (Å²) in [6, 6.07) is 2.03. The van der Waals surface area contributed by atoms with Gasteiger partial charge in [0.15, 0.2) is 24.1 Å². The van der Waals surface area contributed by atoms with Gasteiger partial charge in [-0.3, -0.25) is 14.2 Å². The van der Waals surface area contributed by atoms with Crippen LogP contribution in [0, 0.1) is 12.7 Å². The summed E-state index contributed by atoms with van der Waals surface area (Å²) in [5.74, 6) is -4.41. The summed E-state index contributed by atoms with van der Waals surface area (Å²) >= 11 is 0. The highest BCUT2D eigenvalue weighted by atomic mass is 19.4. The number of carbonyl (C=O) groups excluding carboxylic acids is 1. The normalized spacial score (nSPS) is 11.5. The van der Waals surface area contributed by atoms with Gasteiger partial charge in [-0.25, -0.2) is 9.18 Å². The molecule has 0 aliphatic rings. The molecule has 0 saturated heterocycles. The van der Waals surface area contributed by atoms with Gasteiger partial charge in [-0.05, 0) is 31.5 Å². The lowest BCUT2D eigenvalue weighted by Crippen LogP contribution is -2.28. The molecule has 2 N–H and O–H groups in total. The van der Waals surface area contributed by atoms with Crippen LogP contribution >= 0.6 is 0 Å². The van der Waals surface area contributed by atoms with E-state index in [-0.39, 0.29) is 18.1 Å². The standard InChI is InChI=1S/C20H20F4N6O5/c1-4-29-13(8-31)27-30(19(29)34)15-12(21)7-11(17(26-15)35-9-20(22,23)24)16(32)25-14-10(2)5-6-28(3)18(14)33/h5-7,31H,4,8-9H2,1-3H3,(H,25,32). The summed E-state index contributed by atoms with van der Waals surface area (Å²) in [5, 5.41) is 15.4. The van der Waals surface area contributed by atoms with Gasteiger partial charge >= 0.3 is 11.9 Å². The molecule has 0 aromatic carbocycles. The van der Waals surface area contributed by atoms with Crippen molar-refractivity contribution in [3.05, 3.63) is 61.9 Å². The molecule has 0 saturated carbocycles. The predicted octanol–water partition coefficient (Wildman–Crippen LogP) is 1.28. The molecule has 11 nitrogen and oxygen atoms in total. The van der Waals surface area contributed by atoms with Crippen LogP contribution in [-0.2, 0) is 20.2 Å². The predicted molar refractivity (Wildman–Crippen MR) is 113 cm³/mol. The number of aliphatic hydroxyl groups excluding tert-OH is 1. The average molecular weight is 500 g/mol. The summed E-state index contributed by atoms with van der Waals surface area (Å²) in [7, 11) is 1.42. The van der Waals surface area contributed by atoms with Crippen molar-refractivity contribution in [1.82, 2.24) is 23.9 Å². The summed E-state index contributed by atoms with van der Waals surface area (Å²) in [5.41, 5.74) is -2.14. The molecule has 0 spiro atoms. The highest BCUT2D eigenvalue weighted by Crippen LogP contribution is 2.25. The first-order valence-electron chi connectivity index (χ1n) is 10.1. The van der Waals surface area contributed by atoms with E-state index in [2.05, 4.69) is 20.1 Å². The molecule has 0 bridgehead atoms. The Morgan fingerprint density at radius 2 is 1.97 bits per heavy atom. The molecule has 3 aromatic heterocycles. The fraction of sp³-hybridized carbons (Fsp3) is 0.350. The summed E-state index contributed by atoms with van der Waals surface area (Å²) in [6.07, 6.45) is -3.39. The zero-order valence-corrected chi connectivity index (χ0v) is 18.7. The molecule has 15 heteroatoms. The summed E-state index contributed by atoms with van der Waals surface area (Å²) in [6.45, 7) is 0.561. The van der Waals surface area contributed by atoms with Crippen molar-refractivity contribution in [1.29, 1.82) is 0 Å². The molecule has 0 fully saturated rings. The van der Waals surface area contributed by atoms with E-state index in [1.165, 1.54) is 26.2 Å². The molecular formula is C20H20F4N6O5. The number of carbonyl (C=O) groups is 1. The zero-order chi connectivity index (χ0) is 26.1. The van der Waals surface area contributed by atoms with Gasteiger partial charge in [-0.1, -0.05) is 0 Å². The first kappa shape index (κ1) is 25.6. The number of nitrogens with zero attached hydrogens (tertiary/aromatic N) is 5. The number of anilines is 1. The third-order valence-corrected chi connectivity index (χ3v) is 4.85. The number of aliphatic hydroxyl groups is 1. The fourth-order valence-electron chi connectivity index (χ4n) is 3.10. The van der Waals surface area contributed by atoms with Crippen molar-refractivity contribution in [2.24, 2.45) is 7.05 Å². The van der Waals surface area contributed by atoms with Crippen molar-refractivity contribution in [2.75, 3.05) is 11.9 Å². The van der Waals surface area contributed by atoms with Crippen LogP contribution in [0.4, 0.5) is 23.2 Å². The van der Waals surface area contributed by atoms with Gasteiger partial charge in [-0.15, -0.1) is 5.10 Å². The number of halogens is 4. The van der Waals surface area contributed by atoms with Crippen LogP contribution in [0.25, 0.3) is 5.82 Å². The molecule has 1 amide bonds. The van der Waals surface area contributed by atoms with Crippen LogP contribution in [0.2, 0.25) is 0 Å². The number of hydrogen-bond acceptors (Lipinski definition) is 7. The quantitative estimate of drug-likeness (QED) is 0.467. The Kier molecular flexibility index (Phi) is 7.09. The number of hydrogen-bond donors (Lipinski definition) is 2. The van der Waals surface area contributed by atoms with Gasteiger partial charge < -0.3 is 19.7 Å². The molecule has 3 rings (SSSR count). The molecule has 0 atom stereocenters. The Bertz CT molecular complexity index is 1390. The fourth-order valence-corrected chi connectivity index (χ4v) is 3.10. The molecule has 35 heavy (non-hydrogen) atoms. The van der Waals surface area contributed by atoms with Crippen LogP contribution in [0.3, 0.4) is 0 Å². The van der Waals surface area contributed by atoms with Gasteiger partial charge in [0.2, 0.25) is 5.88 Å². The van der Waals surface area contributed by atoms with Crippen LogP contribution in [-0.4, -0.2) is 47.7 Å². The molecule has 0 unspecified atom stereocenters. The van der Waals surface area contributed by atoms with Crippen molar-refractivity contribution in [3.8, 4) is 11.7 Å². The van der Waals surface area contributed by atoms with E-state index in [1.54, 1.807) is 6.92 Å². The second-order valence-electron chi connectivity index (χ2n) is 7.31. The molecule has 0 radical (unpaired) electrons. The van der Waals surface area contributed by atoms with Gasteiger partial charge in [0.1, 0.15) is 17.9 Å². The Morgan fingerprint density at radius 3 is 2.54 bits per heavy atom. The minimum absolute atomic E-state index is 0.0552. The highest BCUT2D eigenvalue weighted by Gasteiger charge is 2.31. The van der Waals surface area contributed by atoms with Gasteiger partial charge in [0.25, 0.3) is 11.5 Å². The number of rotatable bonds is 7. The smallest absolute Gasteiger partial charge is 0.422 e. The molecule has 0 aliphatic carbocycles. The molecule has 3 aromatic rings. The SMILES string of the molecule is CCn1c(CO)nn(-c2nc(OCC(F)(F)F)c(C(=O)Nc3c(C)ccn(C)c3=O)cc2F)c1=O. The second kappa shape index (κ2) is 9.69. The number of aryl methyl sites for hydroxylation is 2. The Hall–Kier alpha value is -4.01. The maximum absolute atomic E-state index is 15.0. The lowest BCUT2D eigenvalue weighted by Gasteiger charge is -2.15. The third-order valence-electron chi connectivity index (χ3n) is 4.85. The van der Waals surface area contributed by atoms with Crippen molar-refractivity contribution < 1.29 is 32.2 Å². The highest BCUT2D eigenvalue weighted by molar-refractivity contribution is 6.06. The Balaban J connectivity index is 2.14. The van der Waals surface area contributed by atoms with Gasteiger partial charge in [0, 0.05) is 19.8 Å². The van der Waals surface area contributed by atoms with Gasteiger partial charge in [-0.2, -0.15) is 22.8 Å². The van der Waals surface area contributed by atoms with E-state index in [0.717, 1.165) is 9.13 Å². The Labute approximate surface area is 194 Å². The molecule has 188 valence electrons. The molecular weight excluding hydrogens is 480 g/mol. The summed E-state index contributed by atoms with van der Waals surface area (Å²) in [4.78, 5) is 41.3. The maximum Gasteiger partial charge on any atom is 0.422 e. The largest absolute Gasteiger partial charge is 0.467 e. The van der Waals surface area contributed by atoms with Crippen LogP contribution in [0.15, 0.2) is 27.9 Å². The van der Waals surface area contributed by atoms with Crippen LogP contribution in [0.5, 0.6) is 5.88 Å². The van der Waals surface area contributed by atoms with Gasteiger partial charge in [0.05, 0.1) is 0 Å². The van der Waals surface area contributed by atoms with Crippen LogP contribution < -0.4 is 21.3 Å². The first-order chi connectivity index (χ1) is 16.4. The number of pyridine rings is 2. The third kappa shape index (κ3) is 5.24. The van der Waals surface area contributed by atoms with E-state index < -0.39 is 59.6 Å². The van der Waals surface area contributed by atoms with E-state index >= 15 is 0 Å². The Morgan fingerprint density at radius 1 is 1.29 bits per heavy atom. The topological polar surface area (TPSA) is 133 Å². The van der Waals surface area contributed by atoms with E-state index in [0.29, 0.717) is 16.3 Å².